The Kier molecular flexibility index (Phi) is 4.83. The van der Waals surface area contributed by atoms with E-state index in [4.69, 9.17) is 0 Å². The van der Waals surface area contributed by atoms with Crippen LogP contribution in [0.15, 0.2) is 12.4 Å². The standard InChI is InChI=1S/C10H18N4O/c1-3-12-10(15)8-11-4-6-14-7-5-13-9(14)2/h5,7,11H,3-4,6,8H2,1-2H3,(H,12,15). The number of carbonyl (C=O) groups excluding carboxylic acids is 1. The van der Waals surface area contributed by atoms with E-state index in [1.165, 1.54) is 0 Å². The molecule has 2 N–H and O–H groups in total. The molecule has 1 heterocycles. The second-order valence-electron chi connectivity index (χ2n) is 3.30. The largest absolute Gasteiger partial charge is 0.355 e. The minimum atomic E-state index is 0.0415. The van der Waals surface area contributed by atoms with Crippen LogP contribution in [-0.2, 0) is 11.3 Å². The average molecular weight is 210 g/mol. The molecule has 0 fully saturated rings. The van der Waals surface area contributed by atoms with E-state index in [0.717, 1.165) is 18.9 Å². The monoisotopic (exact) mass is 210 g/mol. The van der Waals surface area contributed by atoms with Gasteiger partial charge in [-0.15, -0.1) is 0 Å². The van der Waals surface area contributed by atoms with Crippen molar-refractivity contribution in [1.29, 1.82) is 0 Å². The van der Waals surface area contributed by atoms with Crippen molar-refractivity contribution in [3.8, 4) is 0 Å². The second-order valence-corrected chi connectivity index (χ2v) is 3.30. The molecule has 0 bridgehead atoms. The summed E-state index contributed by atoms with van der Waals surface area (Å²) < 4.78 is 2.05. The zero-order chi connectivity index (χ0) is 11.1. The molecule has 0 radical (unpaired) electrons. The molecule has 0 aliphatic rings. The van der Waals surface area contributed by atoms with Crippen molar-refractivity contribution in [3.05, 3.63) is 18.2 Å². The van der Waals surface area contributed by atoms with E-state index in [1.54, 1.807) is 6.20 Å². The number of imidazole rings is 1. The van der Waals surface area contributed by atoms with Crippen LogP contribution in [0.5, 0.6) is 0 Å². The molecule has 1 aromatic heterocycles. The molecule has 0 atom stereocenters. The van der Waals surface area contributed by atoms with Gasteiger partial charge in [0.25, 0.3) is 0 Å². The number of aryl methyl sites for hydroxylation is 1. The molecule has 15 heavy (non-hydrogen) atoms. The summed E-state index contributed by atoms with van der Waals surface area (Å²) in [5.41, 5.74) is 0. The van der Waals surface area contributed by atoms with Gasteiger partial charge >= 0.3 is 0 Å². The Labute approximate surface area is 89.9 Å². The summed E-state index contributed by atoms with van der Waals surface area (Å²) in [7, 11) is 0. The van der Waals surface area contributed by atoms with Crippen molar-refractivity contribution in [2.24, 2.45) is 0 Å². The number of amides is 1. The van der Waals surface area contributed by atoms with Crippen LogP contribution < -0.4 is 10.6 Å². The van der Waals surface area contributed by atoms with Crippen molar-refractivity contribution in [2.45, 2.75) is 20.4 Å². The molecular formula is C10H18N4O. The number of hydrogen-bond donors (Lipinski definition) is 2. The van der Waals surface area contributed by atoms with Crippen LogP contribution in [0.3, 0.4) is 0 Å². The molecule has 1 amide bonds. The molecule has 1 aromatic rings. The topological polar surface area (TPSA) is 59.0 Å². The van der Waals surface area contributed by atoms with E-state index in [0.29, 0.717) is 13.1 Å². The van der Waals surface area contributed by atoms with Gasteiger partial charge in [-0.3, -0.25) is 4.79 Å². The lowest BCUT2D eigenvalue weighted by molar-refractivity contribution is -0.120. The van der Waals surface area contributed by atoms with Crippen molar-refractivity contribution in [1.82, 2.24) is 20.2 Å². The third kappa shape index (κ3) is 4.12. The quantitative estimate of drug-likeness (QED) is 0.646. The first-order valence-corrected chi connectivity index (χ1v) is 5.19. The number of nitrogens with zero attached hydrogens (tertiary/aromatic N) is 2. The maximum atomic E-state index is 11.1. The maximum absolute atomic E-state index is 11.1. The highest BCUT2D eigenvalue weighted by Crippen LogP contribution is 1.92. The molecule has 1 rings (SSSR count). The first-order chi connectivity index (χ1) is 7.24. The average Bonchev–Trinajstić information content (AvgIpc) is 2.60. The Hall–Kier alpha value is -1.36. The van der Waals surface area contributed by atoms with Gasteiger partial charge in [-0.25, -0.2) is 4.98 Å². The first kappa shape index (κ1) is 11.7. The van der Waals surface area contributed by atoms with Gasteiger partial charge < -0.3 is 15.2 Å². The number of aromatic nitrogens is 2. The SMILES string of the molecule is CCNC(=O)CNCCn1ccnc1C. The van der Waals surface area contributed by atoms with Crippen LogP contribution in [0.1, 0.15) is 12.7 Å². The molecule has 0 aliphatic heterocycles. The fraction of sp³-hybridized carbons (Fsp3) is 0.600. The van der Waals surface area contributed by atoms with Crippen LogP contribution in [0.2, 0.25) is 0 Å². The van der Waals surface area contributed by atoms with Gasteiger partial charge in [0.15, 0.2) is 0 Å². The molecule has 0 aromatic carbocycles. The molecular weight excluding hydrogens is 192 g/mol. The normalized spacial score (nSPS) is 10.3. The molecule has 5 nitrogen and oxygen atoms in total. The number of likely N-dealkylation sites (N-methyl/N-ethyl adjacent to an activating group) is 1. The van der Waals surface area contributed by atoms with Crippen LogP contribution in [0, 0.1) is 6.92 Å². The summed E-state index contributed by atoms with van der Waals surface area (Å²) in [5.74, 6) is 1.04. The minimum absolute atomic E-state index is 0.0415. The van der Waals surface area contributed by atoms with Gasteiger partial charge in [-0.1, -0.05) is 0 Å². The predicted octanol–water partition coefficient (Wildman–Crippen LogP) is -0.0828. The fourth-order valence-corrected chi connectivity index (χ4v) is 1.30. The molecule has 0 spiro atoms. The van der Waals surface area contributed by atoms with Crippen molar-refractivity contribution >= 4 is 5.91 Å². The first-order valence-electron chi connectivity index (χ1n) is 5.19. The highest BCUT2D eigenvalue weighted by Gasteiger charge is 1.98. The van der Waals surface area contributed by atoms with Gasteiger partial charge in [0.1, 0.15) is 5.82 Å². The maximum Gasteiger partial charge on any atom is 0.233 e. The van der Waals surface area contributed by atoms with Gasteiger partial charge in [0, 0.05) is 32.0 Å². The Balaban J connectivity index is 2.12. The summed E-state index contributed by atoms with van der Waals surface area (Å²) in [4.78, 5) is 15.2. The number of carbonyl (C=O) groups is 1. The Morgan fingerprint density at radius 1 is 1.60 bits per heavy atom. The lowest BCUT2D eigenvalue weighted by atomic mass is 10.5. The number of rotatable bonds is 6. The van der Waals surface area contributed by atoms with Gasteiger partial charge in [0.2, 0.25) is 5.91 Å². The van der Waals surface area contributed by atoms with Gasteiger partial charge in [-0.2, -0.15) is 0 Å². The number of hydrogen-bond acceptors (Lipinski definition) is 3. The summed E-state index contributed by atoms with van der Waals surface area (Å²) in [6, 6.07) is 0. The van der Waals surface area contributed by atoms with E-state index in [9.17, 15) is 4.79 Å². The second kappa shape index (κ2) is 6.19. The molecule has 0 aliphatic carbocycles. The zero-order valence-corrected chi connectivity index (χ0v) is 9.29. The van der Waals surface area contributed by atoms with Crippen LogP contribution in [0.25, 0.3) is 0 Å². The van der Waals surface area contributed by atoms with Gasteiger partial charge in [0.05, 0.1) is 6.54 Å². The molecule has 5 heteroatoms. The van der Waals surface area contributed by atoms with Crippen molar-refractivity contribution in [3.63, 3.8) is 0 Å². The van der Waals surface area contributed by atoms with Gasteiger partial charge in [-0.05, 0) is 13.8 Å². The molecule has 0 saturated carbocycles. The van der Waals surface area contributed by atoms with E-state index in [1.807, 2.05) is 24.6 Å². The molecule has 84 valence electrons. The molecule has 0 saturated heterocycles. The Bertz CT molecular complexity index is 308. The van der Waals surface area contributed by atoms with E-state index < -0.39 is 0 Å². The molecule has 0 unspecified atom stereocenters. The number of nitrogens with one attached hydrogen (secondary N) is 2. The predicted molar refractivity (Wildman–Crippen MR) is 58.5 cm³/mol. The Morgan fingerprint density at radius 3 is 3.00 bits per heavy atom. The lowest BCUT2D eigenvalue weighted by Crippen LogP contribution is -2.35. The summed E-state index contributed by atoms with van der Waals surface area (Å²) in [5, 5.41) is 5.80. The third-order valence-corrected chi connectivity index (χ3v) is 2.11. The van der Waals surface area contributed by atoms with Crippen LogP contribution >= 0.6 is 0 Å². The summed E-state index contributed by atoms with van der Waals surface area (Å²) in [6.07, 6.45) is 3.71. The fourth-order valence-electron chi connectivity index (χ4n) is 1.30. The minimum Gasteiger partial charge on any atom is -0.355 e. The van der Waals surface area contributed by atoms with Crippen molar-refractivity contribution < 1.29 is 4.79 Å². The Morgan fingerprint density at radius 2 is 2.40 bits per heavy atom. The van der Waals surface area contributed by atoms with Crippen molar-refractivity contribution in [2.75, 3.05) is 19.6 Å². The van der Waals surface area contributed by atoms with Crippen LogP contribution in [0.4, 0.5) is 0 Å². The third-order valence-electron chi connectivity index (χ3n) is 2.11. The summed E-state index contributed by atoms with van der Waals surface area (Å²) in [6.45, 7) is 6.54. The summed E-state index contributed by atoms with van der Waals surface area (Å²) >= 11 is 0. The van der Waals surface area contributed by atoms with Crippen LogP contribution in [-0.4, -0.2) is 35.1 Å². The highest BCUT2D eigenvalue weighted by molar-refractivity contribution is 5.77. The highest BCUT2D eigenvalue weighted by atomic mass is 16.1. The van der Waals surface area contributed by atoms with E-state index >= 15 is 0 Å². The zero-order valence-electron chi connectivity index (χ0n) is 9.29. The van der Waals surface area contributed by atoms with E-state index in [-0.39, 0.29) is 5.91 Å². The lowest BCUT2D eigenvalue weighted by Gasteiger charge is -2.06. The van der Waals surface area contributed by atoms with E-state index in [2.05, 4.69) is 15.6 Å². The smallest absolute Gasteiger partial charge is 0.233 e.